The van der Waals surface area contributed by atoms with Crippen LogP contribution in [0, 0.1) is 5.92 Å². The molecule has 0 unspecified atom stereocenters. The SMILES string of the molecule is CC(C)CCNC(=O)CS(=O)(=O)c1ccc(Cl)cc1N. The van der Waals surface area contributed by atoms with E-state index < -0.39 is 21.5 Å². The van der Waals surface area contributed by atoms with E-state index in [0.29, 0.717) is 17.5 Å². The second kappa shape index (κ2) is 6.95. The standard InChI is InChI=1S/C13H19ClN2O3S/c1-9(2)5-6-16-13(17)8-20(18,19)12-4-3-10(14)7-11(12)15/h3-4,7,9H,5-6,8,15H2,1-2H3,(H,16,17). The second-order valence-electron chi connectivity index (χ2n) is 4.97. The minimum atomic E-state index is -3.75. The largest absolute Gasteiger partial charge is 0.398 e. The van der Waals surface area contributed by atoms with E-state index in [4.69, 9.17) is 17.3 Å². The number of anilines is 1. The predicted octanol–water partition coefficient (Wildman–Crippen LogP) is 1.86. The summed E-state index contributed by atoms with van der Waals surface area (Å²) < 4.78 is 24.2. The Morgan fingerprint density at radius 2 is 2.05 bits per heavy atom. The third kappa shape index (κ3) is 5.02. The summed E-state index contributed by atoms with van der Waals surface area (Å²) in [5, 5.41) is 2.94. The molecule has 0 atom stereocenters. The Morgan fingerprint density at radius 3 is 2.60 bits per heavy atom. The normalized spacial score (nSPS) is 11.6. The van der Waals surface area contributed by atoms with Crippen LogP contribution in [0.25, 0.3) is 0 Å². The summed E-state index contributed by atoms with van der Waals surface area (Å²) in [5.74, 6) is -0.699. The number of nitrogens with one attached hydrogen (secondary N) is 1. The Labute approximate surface area is 124 Å². The zero-order valence-corrected chi connectivity index (χ0v) is 13.1. The maximum absolute atomic E-state index is 12.1. The van der Waals surface area contributed by atoms with E-state index in [1.165, 1.54) is 18.2 Å². The zero-order valence-electron chi connectivity index (χ0n) is 11.5. The lowest BCUT2D eigenvalue weighted by molar-refractivity contribution is -0.118. The minimum Gasteiger partial charge on any atom is -0.398 e. The van der Waals surface area contributed by atoms with Gasteiger partial charge in [-0.15, -0.1) is 0 Å². The van der Waals surface area contributed by atoms with Crippen LogP contribution in [0.5, 0.6) is 0 Å². The summed E-state index contributed by atoms with van der Waals surface area (Å²) in [6.07, 6.45) is 0.800. The number of hydrogen-bond acceptors (Lipinski definition) is 4. The molecule has 0 radical (unpaired) electrons. The van der Waals surface area contributed by atoms with Crippen molar-refractivity contribution in [2.75, 3.05) is 18.0 Å². The van der Waals surface area contributed by atoms with Crippen molar-refractivity contribution in [2.24, 2.45) is 5.92 Å². The highest BCUT2D eigenvalue weighted by atomic mass is 35.5. The predicted molar refractivity (Wildman–Crippen MR) is 80.4 cm³/mol. The zero-order chi connectivity index (χ0) is 15.3. The van der Waals surface area contributed by atoms with Crippen LogP contribution in [0.3, 0.4) is 0 Å². The molecule has 1 amide bonds. The van der Waals surface area contributed by atoms with E-state index >= 15 is 0 Å². The summed E-state index contributed by atoms with van der Waals surface area (Å²) in [7, 11) is -3.75. The number of nitrogen functional groups attached to an aromatic ring is 1. The molecule has 1 aromatic carbocycles. The lowest BCUT2D eigenvalue weighted by Crippen LogP contribution is -2.31. The van der Waals surface area contributed by atoms with Crippen molar-refractivity contribution in [2.45, 2.75) is 25.2 Å². The molecule has 0 saturated heterocycles. The summed E-state index contributed by atoms with van der Waals surface area (Å²) in [4.78, 5) is 11.6. The van der Waals surface area contributed by atoms with Crippen molar-refractivity contribution >= 4 is 33.0 Å². The van der Waals surface area contributed by atoms with Crippen LogP contribution in [-0.4, -0.2) is 26.6 Å². The highest BCUT2D eigenvalue weighted by molar-refractivity contribution is 7.92. The molecular formula is C13H19ClN2O3S. The molecular weight excluding hydrogens is 300 g/mol. The molecule has 1 rings (SSSR count). The van der Waals surface area contributed by atoms with Gasteiger partial charge in [0.05, 0.1) is 10.6 Å². The third-order valence-electron chi connectivity index (χ3n) is 2.67. The molecule has 5 nitrogen and oxygen atoms in total. The van der Waals surface area contributed by atoms with Gasteiger partial charge < -0.3 is 11.1 Å². The van der Waals surface area contributed by atoms with Crippen molar-refractivity contribution in [3.8, 4) is 0 Å². The molecule has 0 fully saturated rings. The number of amides is 1. The van der Waals surface area contributed by atoms with Gasteiger partial charge in [0.25, 0.3) is 0 Å². The number of benzene rings is 1. The molecule has 0 heterocycles. The Hall–Kier alpha value is -1.27. The van der Waals surface area contributed by atoms with Crippen LogP contribution in [-0.2, 0) is 14.6 Å². The van der Waals surface area contributed by atoms with Gasteiger partial charge in [-0.1, -0.05) is 25.4 Å². The monoisotopic (exact) mass is 318 g/mol. The van der Waals surface area contributed by atoms with E-state index in [-0.39, 0.29) is 10.6 Å². The molecule has 1 aromatic rings. The van der Waals surface area contributed by atoms with E-state index in [9.17, 15) is 13.2 Å². The quantitative estimate of drug-likeness (QED) is 0.783. The molecule has 0 aliphatic carbocycles. The number of carbonyl (C=O) groups excluding carboxylic acids is 1. The summed E-state index contributed by atoms with van der Waals surface area (Å²) >= 11 is 5.72. The van der Waals surface area contributed by atoms with Gasteiger partial charge in [0.2, 0.25) is 5.91 Å². The van der Waals surface area contributed by atoms with E-state index in [0.717, 1.165) is 6.42 Å². The fourth-order valence-electron chi connectivity index (χ4n) is 1.60. The number of carbonyl (C=O) groups is 1. The van der Waals surface area contributed by atoms with Gasteiger partial charge in [-0.05, 0) is 30.5 Å². The van der Waals surface area contributed by atoms with Gasteiger partial charge in [0, 0.05) is 11.6 Å². The molecule has 0 spiro atoms. The van der Waals surface area contributed by atoms with Crippen LogP contribution in [0.2, 0.25) is 5.02 Å². The molecule has 3 N–H and O–H groups in total. The molecule has 0 aromatic heterocycles. The van der Waals surface area contributed by atoms with Gasteiger partial charge in [-0.2, -0.15) is 0 Å². The number of halogens is 1. The highest BCUT2D eigenvalue weighted by Gasteiger charge is 2.21. The van der Waals surface area contributed by atoms with Crippen molar-refractivity contribution in [3.05, 3.63) is 23.2 Å². The lowest BCUT2D eigenvalue weighted by Gasteiger charge is -2.09. The molecule has 20 heavy (non-hydrogen) atoms. The fraction of sp³-hybridized carbons (Fsp3) is 0.462. The van der Waals surface area contributed by atoms with Crippen molar-refractivity contribution in [1.82, 2.24) is 5.32 Å². The number of nitrogens with two attached hydrogens (primary N) is 1. The first-order valence-corrected chi connectivity index (χ1v) is 8.30. The average Bonchev–Trinajstić information content (AvgIpc) is 2.26. The fourth-order valence-corrected chi connectivity index (χ4v) is 3.08. The topological polar surface area (TPSA) is 89.3 Å². The Balaban J connectivity index is 2.72. The van der Waals surface area contributed by atoms with Gasteiger partial charge in [0.1, 0.15) is 5.75 Å². The molecule has 0 aliphatic heterocycles. The number of rotatable bonds is 6. The van der Waals surface area contributed by atoms with Crippen LogP contribution in [0.4, 0.5) is 5.69 Å². The molecule has 112 valence electrons. The first kappa shape index (κ1) is 16.8. The third-order valence-corrected chi connectivity index (χ3v) is 4.59. The van der Waals surface area contributed by atoms with E-state index in [1.54, 1.807) is 0 Å². The minimum absolute atomic E-state index is 0.0486. The average molecular weight is 319 g/mol. The first-order chi connectivity index (χ1) is 9.22. The number of sulfone groups is 1. The van der Waals surface area contributed by atoms with Crippen LogP contribution < -0.4 is 11.1 Å². The van der Waals surface area contributed by atoms with Crippen LogP contribution in [0.1, 0.15) is 20.3 Å². The Bertz CT molecular complexity index is 585. The van der Waals surface area contributed by atoms with Crippen molar-refractivity contribution in [3.63, 3.8) is 0 Å². The Kier molecular flexibility index (Phi) is 5.83. The lowest BCUT2D eigenvalue weighted by atomic mass is 10.1. The number of hydrogen-bond donors (Lipinski definition) is 2. The first-order valence-electron chi connectivity index (χ1n) is 6.27. The molecule has 0 aliphatic rings. The smallest absolute Gasteiger partial charge is 0.235 e. The summed E-state index contributed by atoms with van der Waals surface area (Å²) in [6, 6.07) is 4.10. The molecule has 7 heteroatoms. The second-order valence-corrected chi connectivity index (χ2v) is 7.37. The van der Waals surface area contributed by atoms with E-state index in [1.807, 2.05) is 13.8 Å². The Morgan fingerprint density at radius 1 is 1.40 bits per heavy atom. The van der Waals surface area contributed by atoms with E-state index in [2.05, 4.69) is 5.32 Å². The van der Waals surface area contributed by atoms with Crippen LogP contribution >= 0.6 is 11.6 Å². The van der Waals surface area contributed by atoms with Crippen molar-refractivity contribution < 1.29 is 13.2 Å². The summed E-state index contributed by atoms with van der Waals surface area (Å²) in [6.45, 7) is 4.51. The van der Waals surface area contributed by atoms with Gasteiger partial charge in [0.15, 0.2) is 9.84 Å². The van der Waals surface area contributed by atoms with Crippen molar-refractivity contribution in [1.29, 1.82) is 0 Å². The molecule has 0 saturated carbocycles. The van der Waals surface area contributed by atoms with Gasteiger partial charge >= 0.3 is 0 Å². The van der Waals surface area contributed by atoms with Gasteiger partial charge in [-0.3, -0.25) is 4.79 Å². The van der Waals surface area contributed by atoms with Gasteiger partial charge in [-0.25, -0.2) is 8.42 Å². The maximum atomic E-state index is 12.1. The summed E-state index contributed by atoms with van der Waals surface area (Å²) in [5.41, 5.74) is 5.68. The molecule has 0 bridgehead atoms. The highest BCUT2D eigenvalue weighted by Crippen LogP contribution is 2.23. The maximum Gasteiger partial charge on any atom is 0.235 e. The van der Waals surface area contributed by atoms with Crippen LogP contribution in [0.15, 0.2) is 23.1 Å².